The van der Waals surface area contributed by atoms with Gasteiger partial charge in [-0.15, -0.1) is 0 Å². The highest BCUT2D eigenvalue weighted by Crippen LogP contribution is 2.30. The first-order chi connectivity index (χ1) is 9.83. The molecule has 1 fully saturated rings. The summed E-state index contributed by atoms with van der Waals surface area (Å²) in [4.78, 5) is 21.8. The summed E-state index contributed by atoms with van der Waals surface area (Å²) in [5.41, 5.74) is 0. The number of unbranched alkanes of at least 4 members (excludes halogenated alkanes) is 6. The van der Waals surface area contributed by atoms with E-state index in [1.165, 1.54) is 38.5 Å². The van der Waals surface area contributed by atoms with E-state index in [0.717, 1.165) is 32.1 Å². The van der Waals surface area contributed by atoms with Crippen LogP contribution in [0.4, 0.5) is 0 Å². The molecule has 1 rings (SSSR count). The lowest BCUT2D eigenvalue weighted by Gasteiger charge is -2.32. The second kappa shape index (κ2) is 11.5. The lowest BCUT2D eigenvalue weighted by molar-refractivity contribution is -0.526. The van der Waals surface area contributed by atoms with Gasteiger partial charge in [-0.2, -0.15) is 9.78 Å². The molecule has 0 bridgehead atoms. The van der Waals surface area contributed by atoms with Crippen LogP contribution in [0, 0.1) is 0 Å². The van der Waals surface area contributed by atoms with Gasteiger partial charge in [-0.25, -0.2) is 9.78 Å². The first kappa shape index (κ1) is 17.9. The third-order valence-corrected chi connectivity index (χ3v) is 3.70. The molecule has 0 aromatic heterocycles. The second-order valence-corrected chi connectivity index (χ2v) is 5.70. The van der Waals surface area contributed by atoms with Gasteiger partial charge in [-0.05, 0) is 12.8 Å². The highest BCUT2D eigenvalue weighted by molar-refractivity contribution is 4.68. The summed E-state index contributed by atoms with van der Waals surface area (Å²) in [5.74, 6) is -0.693. The average molecular weight is 288 g/mol. The van der Waals surface area contributed by atoms with Crippen LogP contribution in [0.2, 0.25) is 0 Å². The molecule has 4 nitrogen and oxygen atoms in total. The average Bonchev–Trinajstić information content (AvgIpc) is 2.43. The van der Waals surface area contributed by atoms with Crippen LogP contribution < -0.4 is 0 Å². The van der Waals surface area contributed by atoms with Crippen molar-refractivity contribution in [1.29, 1.82) is 0 Å². The fourth-order valence-corrected chi connectivity index (χ4v) is 2.42. The SMILES string of the molecule is CCCCCCC1(CCCCCC)OOCCCOO1. The van der Waals surface area contributed by atoms with Crippen LogP contribution in [0.1, 0.15) is 84.5 Å². The standard InChI is InChI=1S/C16H32O4/c1-3-5-7-9-12-16(13-10-8-6-4-2)19-17-14-11-15-18-20-16/h3-15H2,1-2H3. The molecule has 0 aromatic carbocycles. The first-order valence-electron chi connectivity index (χ1n) is 8.44. The molecule has 0 spiro atoms. The normalized spacial score (nSPS) is 19.5. The summed E-state index contributed by atoms with van der Waals surface area (Å²) in [6.07, 6.45) is 12.1. The number of hydrogen-bond donors (Lipinski definition) is 0. The maximum atomic E-state index is 5.58. The molecule has 0 unspecified atom stereocenters. The molecule has 0 radical (unpaired) electrons. The van der Waals surface area contributed by atoms with E-state index in [9.17, 15) is 0 Å². The number of rotatable bonds is 10. The van der Waals surface area contributed by atoms with E-state index in [2.05, 4.69) is 13.8 Å². The minimum absolute atomic E-state index is 0.578. The fraction of sp³-hybridized carbons (Fsp3) is 1.00. The Bertz CT molecular complexity index is 199. The lowest BCUT2D eigenvalue weighted by Crippen LogP contribution is -2.38. The lowest BCUT2D eigenvalue weighted by atomic mass is 10.00. The number of hydrogen-bond acceptors (Lipinski definition) is 4. The Morgan fingerprint density at radius 1 is 0.700 bits per heavy atom. The molecule has 1 saturated heterocycles. The zero-order valence-electron chi connectivity index (χ0n) is 13.3. The minimum atomic E-state index is -0.693. The molecule has 0 N–H and O–H groups in total. The van der Waals surface area contributed by atoms with Crippen molar-refractivity contribution >= 4 is 0 Å². The topological polar surface area (TPSA) is 36.9 Å². The molecule has 1 aliphatic heterocycles. The van der Waals surface area contributed by atoms with Crippen molar-refractivity contribution in [3.05, 3.63) is 0 Å². The molecule has 0 aromatic rings. The Labute approximate surface area is 124 Å². The monoisotopic (exact) mass is 288 g/mol. The zero-order valence-corrected chi connectivity index (χ0v) is 13.3. The van der Waals surface area contributed by atoms with E-state index >= 15 is 0 Å². The molecular weight excluding hydrogens is 256 g/mol. The van der Waals surface area contributed by atoms with Gasteiger partial charge in [0.1, 0.15) is 0 Å². The van der Waals surface area contributed by atoms with Crippen molar-refractivity contribution in [1.82, 2.24) is 0 Å². The van der Waals surface area contributed by atoms with Crippen molar-refractivity contribution in [2.45, 2.75) is 90.3 Å². The minimum Gasteiger partial charge on any atom is -0.234 e. The summed E-state index contributed by atoms with van der Waals surface area (Å²) in [6, 6.07) is 0. The van der Waals surface area contributed by atoms with Crippen LogP contribution in [0.25, 0.3) is 0 Å². The molecule has 1 heterocycles. The Kier molecular flexibility index (Phi) is 10.3. The van der Waals surface area contributed by atoms with Crippen LogP contribution in [0.3, 0.4) is 0 Å². The highest BCUT2D eigenvalue weighted by Gasteiger charge is 2.35. The van der Waals surface area contributed by atoms with Gasteiger partial charge in [-0.1, -0.05) is 52.4 Å². The highest BCUT2D eigenvalue weighted by atomic mass is 17.3. The van der Waals surface area contributed by atoms with Gasteiger partial charge in [0.05, 0.1) is 13.2 Å². The van der Waals surface area contributed by atoms with Crippen molar-refractivity contribution in [2.24, 2.45) is 0 Å². The molecule has 120 valence electrons. The fourth-order valence-electron chi connectivity index (χ4n) is 2.42. The van der Waals surface area contributed by atoms with Gasteiger partial charge < -0.3 is 0 Å². The molecular formula is C16H32O4. The van der Waals surface area contributed by atoms with Crippen molar-refractivity contribution in [3.8, 4) is 0 Å². The zero-order chi connectivity index (χ0) is 14.5. The Morgan fingerprint density at radius 2 is 1.20 bits per heavy atom. The molecule has 1 aliphatic rings. The van der Waals surface area contributed by atoms with E-state index in [1.807, 2.05) is 0 Å². The van der Waals surface area contributed by atoms with Crippen molar-refractivity contribution < 1.29 is 19.6 Å². The van der Waals surface area contributed by atoms with Crippen LogP contribution in [-0.2, 0) is 19.6 Å². The summed E-state index contributed by atoms with van der Waals surface area (Å²) in [7, 11) is 0. The Balaban J connectivity index is 2.41. The quantitative estimate of drug-likeness (QED) is 0.422. The summed E-state index contributed by atoms with van der Waals surface area (Å²) < 4.78 is 0. The largest absolute Gasteiger partial charge is 0.234 e. The van der Waals surface area contributed by atoms with Gasteiger partial charge in [0.25, 0.3) is 0 Å². The van der Waals surface area contributed by atoms with Gasteiger partial charge in [0.15, 0.2) is 0 Å². The van der Waals surface area contributed by atoms with E-state index < -0.39 is 5.79 Å². The molecule has 4 heteroatoms. The summed E-state index contributed by atoms with van der Waals surface area (Å²) in [5, 5.41) is 0. The predicted octanol–water partition coefficient (Wildman–Crippen LogP) is 4.92. The first-order valence-corrected chi connectivity index (χ1v) is 8.44. The smallest absolute Gasteiger partial charge is 0.233 e. The van der Waals surface area contributed by atoms with Crippen LogP contribution in [-0.4, -0.2) is 19.0 Å². The van der Waals surface area contributed by atoms with E-state index in [-0.39, 0.29) is 0 Å². The van der Waals surface area contributed by atoms with Crippen molar-refractivity contribution in [2.75, 3.05) is 13.2 Å². The Morgan fingerprint density at radius 3 is 1.65 bits per heavy atom. The second-order valence-electron chi connectivity index (χ2n) is 5.70. The van der Waals surface area contributed by atoms with Crippen molar-refractivity contribution in [3.63, 3.8) is 0 Å². The van der Waals surface area contributed by atoms with Crippen LogP contribution in [0.5, 0.6) is 0 Å². The maximum absolute atomic E-state index is 5.58. The van der Waals surface area contributed by atoms with Gasteiger partial charge in [0.2, 0.25) is 5.79 Å². The van der Waals surface area contributed by atoms with E-state index in [0.29, 0.717) is 13.2 Å². The van der Waals surface area contributed by atoms with Crippen LogP contribution in [0.15, 0.2) is 0 Å². The molecule has 20 heavy (non-hydrogen) atoms. The Hall–Kier alpha value is -0.160. The van der Waals surface area contributed by atoms with Crippen LogP contribution >= 0.6 is 0 Å². The molecule has 0 aliphatic carbocycles. The summed E-state index contributed by atoms with van der Waals surface area (Å²) >= 11 is 0. The molecule has 0 atom stereocenters. The third kappa shape index (κ3) is 7.58. The van der Waals surface area contributed by atoms with E-state index in [1.54, 1.807) is 0 Å². The third-order valence-electron chi connectivity index (χ3n) is 3.70. The predicted molar refractivity (Wildman–Crippen MR) is 78.9 cm³/mol. The van der Waals surface area contributed by atoms with Gasteiger partial charge in [-0.3, -0.25) is 0 Å². The van der Waals surface area contributed by atoms with Gasteiger partial charge in [0, 0.05) is 19.3 Å². The van der Waals surface area contributed by atoms with E-state index in [4.69, 9.17) is 19.6 Å². The molecule has 0 saturated carbocycles. The maximum Gasteiger partial charge on any atom is 0.233 e. The summed E-state index contributed by atoms with van der Waals surface area (Å²) in [6.45, 7) is 5.59. The molecule has 0 amide bonds. The van der Waals surface area contributed by atoms with Gasteiger partial charge >= 0.3 is 0 Å².